The molecule has 0 saturated heterocycles. The predicted molar refractivity (Wildman–Crippen MR) is 71.5 cm³/mol. The zero-order valence-corrected chi connectivity index (χ0v) is 11.6. The van der Waals surface area contributed by atoms with Crippen LogP contribution in [0.25, 0.3) is 0 Å². The minimum atomic E-state index is 0.537. The molecule has 18 heavy (non-hydrogen) atoms. The van der Waals surface area contributed by atoms with Gasteiger partial charge >= 0.3 is 0 Å². The Bertz CT molecular complexity index is 343. The molecule has 1 aliphatic carbocycles. The Balaban J connectivity index is 1.82. The van der Waals surface area contributed by atoms with Crippen molar-refractivity contribution in [3.63, 3.8) is 0 Å². The van der Waals surface area contributed by atoms with Crippen LogP contribution in [0.15, 0.2) is 4.52 Å². The van der Waals surface area contributed by atoms with Gasteiger partial charge in [0.2, 0.25) is 5.89 Å². The van der Waals surface area contributed by atoms with Crippen LogP contribution in [0.4, 0.5) is 0 Å². The van der Waals surface area contributed by atoms with Gasteiger partial charge in [-0.05, 0) is 51.6 Å². The minimum Gasteiger partial charge on any atom is -0.339 e. The number of hydrogen-bond acceptors (Lipinski definition) is 4. The lowest BCUT2D eigenvalue weighted by molar-refractivity contribution is 0.303. The molecule has 1 aromatic heterocycles. The van der Waals surface area contributed by atoms with E-state index in [1.54, 1.807) is 0 Å². The van der Waals surface area contributed by atoms with E-state index in [4.69, 9.17) is 4.52 Å². The first-order chi connectivity index (χ1) is 8.83. The molecule has 0 unspecified atom stereocenters. The molecule has 0 radical (unpaired) electrons. The lowest BCUT2D eigenvalue weighted by Crippen LogP contribution is -2.13. The average Bonchev–Trinajstić information content (AvgIpc) is 2.88. The Labute approximate surface area is 110 Å². The van der Waals surface area contributed by atoms with Crippen LogP contribution >= 0.6 is 0 Å². The van der Waals surface area contributed by atoms with Gasteiger partial charge in [-0.25, -0.2) is 0 Å². The van der Waals surface area contributed by atoms with E-state index < -0.39 is 0 Å². The van der Waals surface area contributed by atoms with Crippen molar-refractivity contribution in [1.29, 1.82) is 0 Å². The van der Waals surface area contributed by atoms with Crippen LogP contribution in [0.5, 0.6) is 0 Å². The first-order valence-electron chi connectivity index (χ1n) is 7.30. The van der Waals surface area contributed by atoms with Crippen LogP contribution < -0.4 is 5.32 Å². The molecule has 2 rings (SSSR count). The first-order valence-corrected chi connectivity index (χ1v) is 7.30. The Morgan fingerprint density at radius 3 is 2.72 bits per heavy atom. The highest BCUT2D eigenvalue weighted by atomic mass is 16.5. The molecule has 1 aromatic rings. The van der Waals surface area contributed by atoms with Gasteiger partial charge < -0.3 is 9.84 Å². The maximum absolute atomic E-state index is 5.33. The van der Waals surface area contributed by atoms with E-state index >= 15 is 0 Å². The number of nitrogens with one attached hydrogen (secondary N) is 1. The van der Waals surface area contributed by atoms with Gasteiger partial charge in [-0.1, -0.05) is 18.5 Å². The van der Waals surface area contributed by atoms with Gasteiger partial charge in [0.15, 0.2) is 5.82 Å². The molecule has 1 N–H and O–H groups in total. The average molecular weight is 251 g/mol. The standard InChI is InChI=1S/C14H25N3O/c1-3-11-6-8-12(9-7-11)14-16-13(18-17-14)5-4-10-15-2/h11-12,15H,3-10H2,1-2H3. The van der Waals surface area contributed by atoms with Crippen molar-refractivity contribution in [2.24, 2.45) is 5.92 Å². The Kier molecular flexibility index (Phi) is 5.17. The van der Waals surface area contributed by atoms with Crippen molar-refractivity contribution < 1.29 is 4.52 Å². The Morgan fingerprint density at radius 1 is 1.28 bits per heavy atom. The predicted octanol–water partition coefficient (Wildman–Crippen LogP) is 2.91. The van der Waals surface area contributed by atoms with E-state index in [1.165, 1.54) is 32.1 Å². The monoisotopic (exact) mass is 251 g/mol. The van der Waals surface area contributed by atoms with Gasteiger partial charge in [-0.3, -0.25) is 0 Å². The van der Waals surface area contributed by atoms with Gasteiger partial charge in [0.1, 0.15) is 0 Å². The summed E-state index contributed by atoms with van der Waals surface area (Å²) in [5, 5.41) is 7.29. The highest BCUT2D eigenvalue weighted by Gasteiger charge is 2.24. The molecule has 1 saturated carbocycles. The van der Waals surface area contributed by atoms with Crippen LogP contribution in [0.3, 0.4) is 0 Å². The van der Waals surface area contributed by atoms with E-state index in [0.717, 1.165) is 37.0 Å². The minimum absolute atomic E-state index is 0.537. The summed E-state index contributed by atoms with van der Waals surface area (Å²) in [6, 6.07) is 0. The van der Waals surface area contributed by atoms with E-state index in [-0.39, 0.29) is 0 Å². The molecule has 1 fully saturated rings. The largest absolute Gasteiger partial charge is 0.339 e. The van der Waals surface area contributed by atoms with Gasteiger partial charge in [0, 0.05) is 12.3 Å². The smallest absolute Gasteiger partial charge is 0.226 e. The van der Waals surface area contributed by atoms with Gasteiger partial charge in [-0.2, -0.15) is 4.98 Å². The topological polar surface area (TPSA) is 51.0 Å². The van der Waals surface area contributed by atoms with Crippen LogP contribution in [0.2, 0.25) is 0 Å². The molecule has 0 bridgehead atoms. The second-order valence-electron chi connectivity index (χ2n) is 5.38. The number of aryl methyl sites for hydroxylation is 1. The molecule has 0 aliphatic heterocycles. The fourth-order valence-electron chi connectivity index (χ4n) is 2.78. The van der Waals surface area contributed by atoms with Crippen LogP contribution in [0.1, 0.15) is 63.1 Å². The maximum atomic E-state index is 5.33. The second-order valence-corrected chi connectivity index (χ2v) is 5.38. The molecule has 0 amide bonds. The third kappa shape index (κ3) is 3.55. The van der Waals surface area contributed by atoms with Crippen molar-refractivity contribution in [3.8, 4) is 0 Å². The number of aromatic nitrogens is 2. The van der Waals surface area contributed by atoms with Crippen molar-refractivity contribution in [2.45, 2.75) is 57.8 Å². The zero-order valence-electron chi connectivity index (χ0n) is 11.6. The Hall–Kier alpha value is -0.900. The molecule has 1 aliphatic rings. The quantitative estimate of drug-likeness (QED) is 0.790. The zero-order chi connectivity index (χ0) is 12.8. The van der Waals surface area contributed by atoms with Crippen LogP contribution in [0, 0.1) is 5.92 Å². The van der Waals surface area contributed by atoms with Crippen LogP contribution in [-0.2, 0) is 6.42 Å². The molecular formula is C14H25N3O. The van der Waals surface area contributed by atoms with E-state index in [9.17, 15) is 0 Å². The van der Waals surface area contributed by atoms with E-state index in [2.05, 4.69) is 22.4 Å². The Morgan fingerprint density at radius 2 is 2.06 bits per heavy atom. The van der Waals surface area contributed by atoms with E-state index in [1.807, 2.05) is 7.05 Å². The number of rotatable bonds is 6. The van der Waals surface area contributed by atoms with Crippen LogP contribution in [-0.4, -0.2) is 23.7 Å². The lowest BCUT2D eigenvalue weighted by atomic mass is 9.80. The SMILES string of the molecule is CCC1CCC(c2noc(CCCNC)n2)CC1. The molecule has 0 aromatic carbocycles. The van der Waals surface area contributed by atoms with Gasteiger partial charge in [0.05, 0.1) is 0 Å². The fraction of sp³-hybridized carbons (Fsp3) is 0.857. The molecule has 0 spiro atoms. The summed E-state index contributed by atoms with van der Waals surface area (Å²) in [6.45, 7) is 3.29. The molecular weight excluding hydrogens is 226 g/mol. The summed E-state index contributed by atoms with van der Waals surface area (Å²) in [7, 11) is 1.96. The normalized spacial score (nSPS) is 24.3. The number of hydrogen-bond donors (Lipinski definition) is 1. The second kappa shape index (κ2) is 6.88. The molecule has 4 nitrogen and oxygen atoms in total. The highest BCUT2D eigenvalue weighted by molar-refractivity contribution is 4.97. The third-order valence-corrected chi connectivity index (χ3v) is 4.09. The summed E-state index contributed by atoms with van der Waals surface area (Å²) >= 11 is 0. The van der Waals surface area contributed by atoms with Gasteiger partial charge in [-0.15, -0.1) is 0 Å². The van der Waals surface area contributed by atoms with Crippen molar-refractivity contribution >= 4 is 0 Å². The molecule has 0 atom stereocenters. The summed E-state index contributed by atoms with van der Waals surface area (Å²) < 4.78 is 5.33. The van der Waals surface area contributed by atoms with E-state index in [0.29, 0.717) is 5.92 Å². The van der Waals surface area contributed by atoms with Crippen molar-refractivity contribution in [2.75, 3.05) is 13.6 Å². The third-order valence-electron chi connectivity index (χ3n) is 4.09. The lowest BCUT2D eigenvalue weighted by Gasteiger charge is -2.25. The summed E-state index contributed by atoms with van der Waals surface area (Å²) in [6.07, 6.45) is 8.37. The number of nitrogens with zero attached hydrogens (tertiary/aromatic N) is 2. The first kappa shape index (κ1) is 13.5. The maximum Gasteiger partial charge on any atom is 0.226 e. The van der Waals surface area contributed by atoms with Crippen molar-refractivity contribution in [1.82, 2.24) is 15.5 Å². The summed E-state index contributed by atoms with van der Waals surface area (Å²) in [4.78, 5) is 4.55. The summed E-state index contributed by atoms with van der Waals surface area (Å²) in [5.74, 6) is 3.21. The highest BCUT2D eigenvalue weighted by Crippen LogP contribution is 2.35. The molecule has 1 heterocycles. The molecule has 102 valence electrons. The fourth-order valence-corrected chi connectivity index (χ4v) is 2.78. The summed E-state index contributed by atoms with van der Waals surface area (Å²) in [5.41, 5.74) is 0. The molecule has 4 heteroatoms. The van der Waals surface area contributed by atoms with Crippen molar-refractivity contribution in [3.05, 3.63) is 11.7 Å². The van der Waals surface area contributed by atoms with Gasteiger partial charge in [0.25, 0.3) is 0 Å².